The fraction of sp³-hybridized carbons (Fsp3) is 0. The summed E-state index contributed by atoms with van der Waals surface area (Å²) in [6.07, 6.45) is 0. The molecule has 0 saturated carbocycles. The van der Waals surface area contributed by atoms with Crippen LogP contribution in [0.4, 0.5) is 0 Å². The average Bonchev–Trinajstić information content (AvgIpc) is 1.69. The molecule has 0 N–H and O–H groups in total. The molecule has 0 aromatic heterocycles. The summed E-state index contributed by atoms with van der Waals surface area (Å²) < 4.78 is 0. The average molecular weight is 214 g/mol. The fourth-order valence-electron chi connectivity index (χ4n) is 0.415. The second-order valence-electron chi connectivity index (χ2n) is 1.30. The van der Waals surface area contributed by atoms with Gasteiger partial charge < -0.3 is 0 Å². The minimum absolute atomic E-state index is 0. The molecule has 0 nitrogen and oxygen atoms in total. The van der Waals surface area contributed by atoms with E-state index in [0.717, 1.165) is 5.02 Å². The largest absolute Gasteiger partial charge is 0.0843 e. The topological polar surface area (TPSA) is 0 Å². The van der Waals surface area contributed by atoms with E-state index in [9.17, 15) is 0 Å². The van der Waals surface area contributed by atoms with Gasteiger partial charge in [0.1, 0.15) is 0 Å². The van der Waals surface area contributed by atoms with Gasteiger partial charge in [-0.1, -0.05) is 29.8 Å². The quantitative estimate of drug-likeness (QED) is 0.581. The maximum atomic E-state index is 5.54. The van der Waals surface area contributed by atoms with Crippen LogP contribution in [-0.2, 0) is 19.5 Å². The van der Waals surface area contributed by atoms with Crippen LogP contribution in [0, 0.1) is 0 Å². The first-order valence-electron chi connectivity index (χ1n) is 2.10. The molecule has 0 heterocycles. The van der Waals surface area contributed by atoms with Gasteiger partial charge >= 0.3 is 0 Å². The molecule has 0 bridgehead atoms. The van der Waals surface area contributed by atoms with E-state index in [1.807, 2.05) is 30.3 Å². The Morgan fingerprint density at radius 2 is 1.50 bits per heavy atom. The van der Waals surface area contributed by atoms with Crippen molar-refractivity contribution >= 4 is 11.6 Å². The second-order valence-corrected chi connectivity index (χ2v) is 1.73. The summed E-state index contributed by atoms with van der Waals surface area (Å²) in [5, 5.41) is 0.794. The maximum Gasteiger partial charge on any atom is 0.0405 e. The van der Waals surface area contributed by atoms with E-state index in [-0.39, 0.29) is 19.5 Å². The standard InChI is InChI=1S/C6H5Cl.Ru/c7-6-4-2-1-3-5-6;/h1-5H;. The Hall–Kier alpha value is 0.133. The molecular formula is C6H5ClRu. The van der Waals surface area contributed by atoms with Gasteiger partial charge in [0.2, 0.25) is 0 Å². The van der Waals surface area contributed by atoms with Crippen molar-refractivity contribution in [3.63, 3.8) is 0 Å². The van der Waals surface area contributed by atoms with Gasteiger partial charge in [-0.2, -0.15) is 0 Å². The summed E-state index contributed by atoms with van der Waals surface area (Å²) in [6, 6.07) is 9.44. The minimum Gasteiger partial charge on any atom is -0.0843 e. The van der Waals surface area contributed by atoms with Crippen LogP contribution in [0.25, 0.3) is 0 Å². The minimum atomic E-state index is 0. The van der Waals surface area contributed by atoms with Gasteiger partial charge in [-0.15, -0.1) is 0 Å². The van der Waals surface area contributed by atoms with Crippen molar-refractivity contribution in [3.05, 3.63) is 35.4 Å². The van der Waals surface area contributed by atoms with Crippen molar-refractivity contribution in [1.29, 1.82) is 0 Å². The zero-order valence-electron chi connectivity index (χ0n) is 4.12. The molecule has 0 atom stereocenters. The van der Waals surface area contributed by atoms with Crippen molar-refractivity contribution in [2.45, 2.75) is 0 Å². The molecule has 0 amide bonds. The molecule has 0 spiro atoms. The fourth-order valence-corrected chi connectivity index (χ4v) is 0.560. The van der Waals surface area contributed by atoms with E-state index in [2.05, 4.69) is 0 Å². The summed E-state index contributed by atoms with van der Waals surface area (Å²) in [5.41, 5.74) is 0. The third-order valence-corrected chi connectivity index (χ3v) is 0.985. The van der Waals surface area contributed by atoms with Crippen LogP contribution >= 0.6 is 11.6 Å². The third-order valence-electron chi connectivity index (χ3n) is 0.733. The molecule has 8 heavy (non-hydrogen) atoms. The van der Waals surface area contributed by atoms with Crippen molar-refractivity contribution in [3.8, 4) is 0 Å². The third kappa shape index (κ3) is 2.44. The first kappa shape index (κ1) is 8.13. The van der Waals surface area contributed by atoms with E-state index in [0.29, 0.717) is 0 Å². The Balaban J connectivity index is 0.000000490. The van der Waals surface area contributed by atoms with Crippen LogP contribution in [0.3, 0.4) is 0 Å². The number of benzene rings is 1. The van der Waals surface area contributed by atoms with Crippen molar-refractivity contribution < 1.29 is 19.5 Å². The van der Waals surface area contributed by atoms with Crippen LogP contribution in [0.15, 0.2) is 30.3 Å². The normalized spacial score (nSPS) is 7.62. The van der Waals surface area contributed by atoms with Crippen LogP contribution in [-0.4, -0.2) is 0 Å². The molecule has 1 aromatic rings. The van der Waals surface area contributed by atoms with Gasteiger partial charge in [0, 0.05) is 24.5 Å². The van der Waals surface area contributed by atoms with Crippen molar-refractivity contribution in [2.75, 3.05) is 0 Å². The zero-order valence-corrected chi connectivity index (χ0v) is 6.61. The number of hydrogen-bond acceptors (Lipinski definition) is 0. The molecule has 0 aliphatic heterocycles. The predicted molar refractivity (Wildman–Crippen MR) is 31.5 cm³/mol. The van der Waals surface area contributed by atoms with E-state index in [4.69, 9.17) is 11.6 Å². The Kier molecular flexibility index (Phi) is 4.12. The van der Waals surface area contributed by atoms with Gasteiger partial charge in [0.05, 0.1) is 0 Å². The van der Waals surface area contributed by atoms with Gasteiger partial charge in [0.25, 0.3) is 0 Å². The Bertz CT molecular complexity index is 138. The Morgan fingerprint density at radius 3 is 1.75 bits per heavy atom. The van der Waals surface area contributed by atoms with E-state index in [1.54, 1.807) is 0 Å². The van der Waals surface area contributed by atoms with E-state index < -0.39 is 0 Å². The molecule has 0 radical (unpaired) electrons. The maximum absolute atomic E-state index is 5.54. The van der Waals surface area contributed by atoms with E-state index in [1.165, 1.54) is 0 Å². The molecule has 0 fully saturated rings. The van der Waals surface area contributed by atoms with Gasteiger partial charge in [-0.25, -0.2) is 0 Å². The summed E-state index contributed by atoms with van der Waals surface area (Å²) >= 11 is 5.54. The summed E-state index contributed by atoms with van der Waals surface area (Å²) in [5.74, 6) is 0. The van der Waals surface area contributed by atoms with Crippen LogP contribution in [0.5, 0.6) is 0 Å². The zero-order chi connectivity index (χ0) is 5.11. The molecular weight excluding hydrogens is 209 g/mol. The molecule has 0 aliphatic rings. The molecule has 1 aromatic carbocycles. The Morgan fingerprint density at radius 1 is 1.00 bits per heavy atom. The number of rotatable bonds is 0. The number of halogens is 1. The molecule has 44 valence electrons. The first-order valence-corrected chi connectivity index (χ1v) is 2.48. The molecule has 0 aliphatic carbocycles. The first-order chi connectivity index (χ1) is 3.39. The van der Waals surface area contributed by atoms with Crippen molar-refractivity contribution in [1.82, 2.24) is 0 Å². The smallest absolute Gasteiger partial charge is 0.0405 e. The SMILES string of the molecule is Clc1ccccc1.[Ru]. The van der Waals surface area contributed by atoms with Crippen LogP contribution in [0.2, 0.25) is 5.02 Å². The van der Waals surface area contributed by atoms with Gasteiger partial charge in [0.15, 0.2) is 0 Å². The van der Waals surface area contributed by atoms with Gasteiger partial charge in [-0.3, -0.25) is 0 Å². The van der Waals surface area contributed by atoms with E-state index >= 15 is 0 Å². The molecule has 2 heteroatoms. The van der Waals surface area contributed by atoms with Crippen LogP contribution in [0.1, 0.15) is 0 Å². The summed E-state index contributed by atoms with van der Waals surface area (Å²) in [6.45, 7) is 0. The summed E-state index contributed by atoms with van der Waals surface area (Å²) in [4.78, 5) is 0. The van der Waals surface area contributed by atoms with Crippen molar-refractivity contribution in [2.24, 2.45) is 0 Å². The predicted octanol–water partition coefficient (Wildman–Crippen LogP) is 2.34. The van der Waals surface area contributed by atoms with Crippen LogP contribution < -0.4 is 0 Å². The Labute approximate surface area is 66.6 Å². The molecule has 0 saturated heterocycles. The summed E-state index contributed by atoms with van der Waals surface area (Å²) in [7, 11) is 0. The second kappa shape index (κ2) is 4.06. The number of hydrogen-bond donors (Lipinski definition) is 0. The monoisotopic (exact) mass is 214 g/mol. The molecule has 0 unspecified atom stereocenters. The van der Waals surface area contributed by atoms with Gasteiger partial charge in [-0.05, 0) is 12.1 Å². The molecule has 1 rings (SSSR count).